The van der Waals surface area contributed by atoms with Gasteiger partial charge in [0.1, 0.15) is 5.00 Å². The van der Waals surface area contributed by atoms with Crippen molar-refractivity contribution >= 4 is 44.1 Å². The van der Waals surface area contributed by atoms with E-state index in [0.717, 1.165) is 29.3 Å². The first-order valence-corrected chi connectivity index (χ1v) is 11.7. The summed E-state index contributed by atoms with van der Waals surface area (Å²) in [4.78, 5) is 27.1. The third kappa shape index (κ3) is 4.92. The molecular formula is C23H29BrN2O2S. The van der Waals surface area contributed by atoms with E-state index in [9.17, 15) is 9.59 Å². The molecule has 0 fully saturated rings. The standard InChI is InChI=1S/C23H29BrN2O2S/c1-13(2)25-21(28)19-16-11-10-14(23(3,4)5)12-18(16)29-22(19)26-20(27)15-8-6-7-9-17(15)24/h6-9,13-14H,10-12H2,1-5H3,(H,25,28)(H,26,27). The molecule has 0 saturated carbocycles. The fourth-order valence-electron chi connectivity index (χ4n) is 3.80. The van der Waals surface area contributed by atoms with Crippen LogP contribution in [0.15, 0.2) is 28.7 Å². The highest BCUT2D eigenvalue weighted by Gasteiger charge is 2.34. The Morgan fingerprint density at radius 1 is 1.17 bits per heavy atom. The number of rotatable bonds is 4. The van der Waals surface area contributed by atoms with Crippen LogP contribution < -0.4 is 10.6 Å². The van der Waals surface area contributed by atoms with Crippen molar-refractivity contribution in [2.75, 3.05) is 5.32 Å². The molecule has 6 heteroatoms. The lowest BCUT2D eigenvalue weighted by molar-refractivity contribution is 0.0943. The van der Waals surface area contributed by atoms with Crippen LogP contribution >= 0.6 is 27.3 Å². The van der Waals surface area contributed by atoms with Gasteiger partial charge in [0.2, 0.25) is 0 Å². The van der Waals surface area contributed by atoms with Gasteiger partial charge in [0.05, 0.1) is 11.1 Å². The molecule has 3 rings (SSSR count). The Hall–Kier alpha value is -1.66. The number of fused-ring (bicyclic) bond motifs is 1. The van der Waals surface area contributed by atoms with Gasteiger partial charge in [0, 0.05) is 15.4 Å². The molecule has 1 aliphatic rings. The molecule has 29 heavy (non-hydrogen) atoms. The van der Waals surface area contributed by atoms with Crippen molar-refractivity contribution in [1.29, 1.82) is 0 Å². The second kappa shape index (κ2) is 8.60. The van der Waals surface area contributed by atoms with E-state index in [2.05, 4.69) is 47.3 Å². The molecule has 156 valence electrons. The van der Waals surface area contributed by atoms with E-state index in [1.807, 2.05) is 32.0 Å². The van der Waals surface area contributed by atoms with E-state index in [0.29, 0.717) is 22.0 Å². The zero-order valence-electron chi connectivity index (χ0n) is 17.7. The molecule has 4 nitrogen and oxygen atoms in total. The SMILES string of the molecule is CC(C)NC(=O)c1c(NC(=O)c2ccccc2Br)sc2c1CCC(C(C)(C)C)C2. The molecule has 0 spiro atoms. The largest absolute Gasteiger partial charge is 0.350 e. The van der Waals surface area contributed by atoms with Gasteiger partial charge in [0.15, 0.2) is 0 Å². The molecule has 0 saturated heterocycles. The Balaban J connectivity index is 1.97. The molecule has 1 aromatic heterocycles. The summed E-state index contributed by atoms with van der Waals surface area (Å²) in [6, 6.07) is 7.36. The van der Waals surface area contributed by atoms with Crippen LogP contribution in [0.3, 0.4) is 0 Å². The van der Waals surface area contributed by atoms with Crippen LogP contribution in [0.25, 0.3) is 0 Å². The lowest BCUT2D eigenvalue weighted by Gasteiger charge is -2.33. The molecule has 1 aromatic carbocycles. The Kier molecular flexibility index (Phi) is 6.54. The lowest BCUT2D eigenvalue weighted by atomic mass is 9.72. The lowest BCUT2D eigenvalue weighted by Crippen LogP contribution is -2.32. The number of hydrogen-bond donors (Lipinski definition) is 2. The highest BCUT2D eigenvalue weighted by Crippen LogP contribution is 2.44. The fraction of sp³-hybridized carbons (Fsp3) is 0.478. The van der Waals surface area contributed by atoms with Crippen LogP contribution in [0.2, 0.25) is 0 Å². The number of halogens is 1. The van der Waals surface area contributed by atoms with E-state index in [4.69, 9.17) is 0 Å². The third-order valence-electron chi connectivity index (χ3n) is 5.48. The molecule has 1 heterocycles. The van der Waals surface area contributed by atoms with Gasteiger partial charge >= 0.3 is 0 Å². The van der Waals surface area contributed by atoms with Crippen molar-refractivity contribution in [2.45, 2.75) is 59.9 Å². The number of nitrogens with one attached hydrogen (secondary N) is 2. The minimum Gasteiger partial charge on any atom is -0.350 e. The number of carbonyl (C=O) groups excluding carboxylic acids is 2. The quantitative estimate of drug-likeness (QED) is 0.563. The highest BCUT2D eigenvalue weighted by molar-refractivity contribution is 9.10. The Morgan fingerprint density at radius 3 is 2.48 bits per heavy atom. The minimum atomic E-state index is -0.206. The number of thiophene rings is 1. The molecule has 2 aromatic rings. The molecule has 0 radical (unpaired) electrons. The summed E-state index contributed by atoms with van der Waals surface area (Å²) < 4.78 is 0.736. The Morgan fingerprint density at radius 2 is 1.86 bits per heavy atom. The fourth-order valence-corrected chi connectivity index (χ4v) is 5.59. The maximum atomic E-state index is 13.0. The summed E-state index contributed by atoms with van der Waals surface area (Å²) >= 11 is 5.00. The molecule has 2 N–H and O–H groups in total. The predicted molar refractivity (Wildman–Crippen MR) is 124 cm³/mol. The van der Waals surface area contributed by atoms with Crippen LogP contribution in [-0.2, 0) is 12.8 Å². The first-order chi connectivity index (χ1) is 13.6. The van der Waals surface area contributed by atoms with Crippen molar-refractivity contribution in [2.24, 2.45) is 11.3 Å². The summed E-state index contributed by atoms with van der Waals surface area (Å²) in [5, 5.41) is 6.69. The zero-order valence-corrected chi connectivity index (χ0v) is 20.1. The number of anilines is 1. The van der Waals surface area contributed by atoms with Crippen LogP contribution in [0.1, 0.15) is 72.2 Å². The zero-order chi connectivity index (χ0) is 21.3. The number of carbonyl (C=O) groups is 2. The summed E-state index contributed by atoms with van der Waals surface area (Å²) in [5.74, 6) is 0.262. The molecule has 1 aliphatic carbocycles. The first-order valence-electron chi connectivity index (χ1n) is 10.1. The van der Waals surface area contributed by atoms with Gasteiger partial charge in [-0.05, 0) is 78.1 Å². The second-order valence-electron chi connectivity index (χ2n) is 9.08. The molecule has 0 bridgehead atoms. The average molecular weight is 477 g/mol. The van der Waals surface area contributed by atoms with E-state index in [-0.39, 0.29) is 23.3 Å². The number of hydrogen-bond acceptors (Lipinski definition) is 3. The van der Waals surface area contributed by atoms with Crippen molar-refractivity contribution in [3.8, 4) is 0 Å². The Bertz CT molecular complexity index is 927. The van der Waals surface area contributed by atoms with Crippen LogP contribution in [0.4, 0.5) is 5.00 Å². The van der Waals surface area contributed by atoms with E-state index >= 15 is 0 Å². The van der Waals surface area contributed by atoms with Gasteiger partial charge in [-0.3, -0.25) is 9.59 Å². The van der Waals surface area contributed by atoms with Gasteiger partial charge in [-0.15, -0.1) is 11.3 Å². The van der Waals surface area contributed by atoms with Crippen molar-refractivity contribution in [3.05, 3.63) is 50.3 Å². The summed E-state index contributed by atoms with van der Waals surface area (Å²) in [7, 11) is 0. The summed E-state index contributed by atoms with van der Waals surface area (Å²) in [5.41, 5.74) is 2.53. The number of benzene rings is 1. The van der Waals surface area contributed by atoms with Gasteiger partial charge in [-0.2, -0.15) is 0 Å². The molecule has 1 unspecified atom stereocenters. The molecule has 0 aliphatic heterocycles. The van der Waals surface area contributed by atoms with Crippen LogP contribution in [0, 0.1) is 11.3 Å². The smallest absolute Gasteiger partial charge is 0.257 e. The van der Waals surface area contributed by atoms with Crippen molar-refractivity contribution in [3.63, 3.8) is 0 Å². The monoisotopic (exact) mass is 476 g/mol. The highest BCUT2D eigenvalue weighted by atomic mass is 79.9. The average Bonchev–Trinajstić information content (AvgIpc) is 2.97. The Labute approximate surface area is 185 Å². The van der Waals surface area contributed by atoms with E-state index in [1.54, 1.807) is 17.4 Å². The topological polar surface area (TPSA) is 58.2 Å². The number of amides is 2. The maximum absolute atomic E-state index is 13.0. The molecular weight excluding hydrogens is 448 g/mol. The summed E-state index contributed by atoms with van der Waals surface area (Å²) in [6.45, 7) is 10.7. The van der Waals surface area contributed by atoms with Crippen LogP contribution in [0.5, 0.6) is 0 Å². The van der Waals surface area contributed by atoms with Gasteiger partial charge in [0.25, 0.3) is 11.8 Å². The normalized spacial score (nSPS) is 16.4. The van der Waals surface area contributed by atoms with Gasteiger partial charge in [-0.25, -0.2) is 0 Å². The predicted octanol–water partition coefficient (Wildman–Crippen LogP) is 6.05. The van der Waals surface area contributed by atoms with Crippen molar-refractivity contribution < 1.29 is 9.59 Å². The van der Waals surface area contributed by atoms with E-state index in [1.165, 1.54) is 4.88 Å². The van der Waals surface area contributed by atoms with E-state index < -0.39 is 0 Å². The molecule has 1 atom stereocenters. The third-order valence-corrected chi connectivity index (χ3v) is 7.34. The second-order valence-corrected chi connectivity index (χ2v) is 11.0. The van der Waals surface area contributed by atoms with Gasteiger partial charge in [-0.1, -0.05) is 32.9 Å². The van der Waals surface area contributed by atoms with Gasteiger partial charge < -0.3 is 10.6 Å². The van der Waals surface area contributed by atoms with Crippen molar-refractivity contribution in [1.82, 2.24) is 5.32 Å². The minimum absolute atomic E-state index is 0.0378. The first kappa shape index (κ1) is 22.0. The summed E-state index contributed by atoms with van der Waals surface area (Å²) in [6.07, 6.45) is 2.89. The maximum Gasteiger partial charge on any atom is 0.257 e. The van der Waals surface area contributed by atoms with Crippen LogP contribution in [-0.4, -0.2) is 17.9 Å². The molecule has 2 amide bonds.